The van der Waals surface area contributed by atoms with Gasteiger partial charge in [0.2, 0.25) is 5.89 Å². The van der Waals surface area contributed by atoms with Crippen molar-refractivity contribution in [3.05, 3.63) is 65.6 Å². The van der Waals surface area contributed by atoms with Gasteiger partial charge in [0.15, 0.2) is 12.4 Å². The van der Waals surface area contributed by atoms with Gasteiger partial charge < -0.3 is 13.9 Å². The average molecular weight is 330 g/mol. The molecule has 0 unspecified atom stereocenters. The standard InChI is InChI=1S/C18H16ClNO3/c1-2-21-15-7-9-16(10-8-15)22-12-18-20-11-17(23-18)13-3-5-14(19)6-4-13/h3-11H,2,12H2,1H3. The highest BCUT2D eigenvalue weighted by atomic mass is 35.5. The monoisotopic (exact) mass is 329 g/mol. The zero-order valence-electron chi connectivity index (χ0n) is 12.7. The van der Waals surface area contributed by atoms with Crippen LogP contribution in [0.25, 0.3) is 11.3 Å². The minimum absolute atomic E-state index is 0.265. The summed E-state index contributed by atoms with van der Waals surface area (Å²) in [5, 5.41) is 0.687. The summed E-state index contributed by atoms with van der Waals surface area (Å²) in [6, 6.07) is 14.9. The second kappa shape index (κ2) is 7.20. The van der Waals surface area contributed by atoms with Gasteiger partial charge in [-0.2, -0.15) is 0 Å². The Morgan fingerprint density at radius 2 is 1.61 bits per heavy atom. The van der Waals surface area contributed by atoms with Gasteiger partial charge in [0.1, 0.15) is 11.5 Å². The summed E-state index contributed by atoms with van der Waals surface area (Å²) < 4.78 is 16.7. The van der Waals surface area contributed by atoms with Crippen molar-refractivity contribution in [2.45, 2.75) is 13.5 Å². The Labute approximate surface area is 139 Å². The zero-order valence-corrected chi connectivity index (χ0v) is 13.4. The summed E-state index contributed by atoms with van der Waals surface area (Å²) in [6.45, 7) is 2.86. The lowest BCUT2D eigenvalue weighted by Gasteiger charge is -2.06. The predicted octanol–water partition coefficient (Wildman–Crippen LogP) is 4.97. The van der Waals surface area contributed by atoms with Gasteiger partial charge >= 0.3 is 0 Å². The summed E-state index contributed by atoms with van der Waals surface area (Å²) >= 11 is 5.88. The highest BCUT2D eigenvalue weighted by molar-refractivity contribution is 6.30. The van der Waals surface area contributed by atoms with E-state index >= 15 is 0 Å². The van der Waals surface area contributed by atoms with Gasteiger partial charge in [-0.15, -0.1) is 0 Å². The van der Waals surface area contributed by atoms with E-state index in [0.717, 1.165) is 17.1 Å². The maximum atomic E-state index is 5.88. The van der Waals surface area contributed by atoms with Crippen LogP contribution < -0.4 is 9.47 Å². The van der Waals surface area contributed by atoms with Crippen molar-refractivity contribution < 1.29 is 13.9 Å². The summed E-state index contributed by atoms with van der Waals surface area (Å²) in [4.78, 5) is 4.23. The van der Waals surface area contributed by atoms with Crippen LogP contribution in [0.5, 0.6) is 11.5 Å². The van der Waals surface area contributed by atoms with E-state index in [1.807, 2.05) is 55.5 Å². The van der Waals surface area contributed by atoms with Crippen molar-refractivity contribution in [1.29, 1.82) is 0 Å². The molecule has 0 aliphatic carbocycles. The summed E-state index contributed by atoms with van der Waals surface area (Å²) in [5.74, 6) is 2.76. The number of oxazole rings is 1. The van der Waals surface area contributed by atoms with Crippen LogP contribution >= 0.6 is 11.6 Å². The largest absolute Gasteiger partial charge is 0.494 e. The Hall–Kier alpha value is -2.46. The molecule has 0 fully saturated rings. The van der Waals surface area contributed by atoms with E-state index in [-0.39, 0.29) is 6.61 Å². The molecule has 4 nitrogen and oxygen atoms in total. The molecule has 1 aromatic heterocycles. The van der Waals surface area contributed by atoms with E-state index in [4.69, 9.17) is 25.5 Å². The quantitative estimate of drug-likeness (QED) is 0.640. The SMILES string of the molecule is CCOc1ccc(OCc2ncc(-c3ccc(Cl)cc3)o2)cc1. The number of rotatable bonds is 6. The Morgan fingerprint density at radius 3 is 2.26 bits per heavy atom. The number of ether oxygens (including phenoxy) is 2. The van der Waals surface area contributed by atoms with E-state index in [1.54, 1.807) is 6.20 Å². The van der Waals surface area contributed by atoms with Crippen LogP contribution in [-0.4, -0.2) is 11.6 Å². The lowest BCUT2D eigenvalue weighted by molar-refractivity contribution is 0.264. The first-order valence-electron chi connectivity index (χ1n) is 7.31. The number of nitrogens with zero attached hydrogens (tertiary/aromatic N) is 1. The molecule has 23 heavy (non-hydrogen) atoms. The molecule has 0 atom stereocenters. The number of aromatic nitrogens is 1. The number of hydrogen-bond donors (Lipinski definition) is 0. The number of halogens is 1. The molecular formula is C18H16ClNO3. The molecule has 0 aliphatic rings. The van der Waals surface area contributed by atoms with E-state index in [1.165, 1.54) is 0 Å². The molecule has 1 heterocycles. The van der Waals surface area contributed by atoms with Crippen LogP contribution in [0.15, 0.2) is 59.1 Å². The molecule has 118 valence electrons. The second-order valence-corrected chi connectivity index (χ2v) is 5.25. The summed E-state index contributed by atoms with van der Waals surface area (Å²) in [5.41, 5.74) is 0.925. The van der Waals surface area contributed by atoms with Gasteiger partial charge in [-0.05, 0) is 55.5 Å². The van der Waals surface area contributed by atoms with Crippen molar-refractivity contribution in [3.8, 4) is 22.8 Å². The van der Waals surface area contributed by atoms with Crippen molar-refractivity contribution in [3.63, 3.8) is 0 Å². The Bertz CT molecular complexity index is 751. The number of benzene rings is 2. The molecule has 0 saturated carbocycles. The van der Waals surface area contributed by atoms with Gasteiger partial charge in [-0.1, -0.05) is 11.6 Å². The Morgan fingerprint density at radius 1 is 0.957 bits per heavy atom. The lowest BCUT2D eigenvalue weighted by Crippen LogP contribution is -1.96. The Kier molecular flexibility index (Phi) is 4.83. The fourth-order valence-electron chi connectivity index (χ4n) is 2.07. The molecule has 3 aromatic rings. The van der Waals surface area contributed by atoms with Crippen molar-refractivity contribution >= 4 is 11.6 Å². The molecule has 0 amide bonds. The van der Waals surface area contributed by atoms with Crippen LogP contribution in [0, 0.1) is 0 Å². The summed E-state index contributed by atoms with van der Waals surface area (Å²) in [6.07, 6.45) is 1.68. The molecule has 0 radical (unpaired) electrons. The first-order chi connectivity index (χ1) is 11.2. The molecule has 0 bridgehead atoms. The topological polar surface area (TPSA) is 44.5 Å². The number of hydrogen-bond acceptors (Lipinski definition) is 4. The van der Waals surface area contributed by atoms with Crippen LogP contribution in [-0.2, 0) is 6.61 Å². The maximum absolute atomic E-state index is 5.88. The van der Waals surface area contributed by atoms with Crippen LogP contribution in [0.1, 0.15) is 12.8 Å². The molecule has 2 aromatic carbocycles. The fraction of sp³-hybridized carbons (Fsp3) is 0.167. The highest BCUT2D eigenvalue weighted by Gasteiger charge is 2.07. The lowest BCUT2D eigenvalue weighted by atomic mass is 10.2. The third kappa shape index (κ3) is 4.05. The minimum atomic E-state index is 0.265. The third-order valence-corrected chi connectivity index (χ3v) is 3.43. The van der Waals surface area contributed by atoms with Crippen LogP contribution in [0.3, 0.4) is 0 Å². The van der Waals surface area contributed by atoms with Crippen LogP contribution in [0.2, 0.25) is 5.02 Å². The van der Waals surface area contributed by atoms with Gasteiger partial charge in [-0.25, -0.2) is 4.98 Å². The van der Waals surface area contributed by atoms with Crippen LogP contribution in [0.4, 0.5) is 0 Å². The maximum Gasteiger partial charge on any atom is 0.232 e. The van der Waals surface area contributed by atoms with E-state index in [0.29, 0.717) is 23.3 Å². The first kappa shape index (κ1) is 15.4. The molecule has 0 aliphatic heterocycles. The molecule has 0 N–H and O–H groups in total. The smallest absolute Gasteiger partial charge is 0.232 e. The van der Waals surface area contributed by atoms with Crippen molar-refractivity contribution in [1.82, 2.24) is 4.98 Å². The van der Waals surface area contributed by atoms with Gasteiger partial charge in [0, 0.05) is 10.6 Å². The minimum Gasteiger partial charge on any atom is -0.494 e. The summed E-state index contributed by atoms with van der Waals surface area (Å²) in [7, 11) is 0. The fourth-order valence-corrected chi connectivity index (χ4v) is 2.19. The normalized spacial score (nSPS) is 10.5. The second-order valence-electron chi connectivity index (χ2n) is 4.82. The van der Waals surface area contributed by atoms with Gasteiger partial charge in [-0.3, -0.25) is 0 Å². The molecule has 0 saturated heterocycles. The highest BCUT2D eigenvalue weighted by Crippen LogP contribution is 2.23. The van der Waals surface area contributed by atoms with E-state index in [2.05, 4.69) is 4.98 Å². The average Bonchev–Trinajstić information content (AvgIpc) is 3.04. The molecule has 0 spiro atoms. The van der Waals surface area contributed by atoms with E-state index < -0.39 is 0 Å². The predicted molar refractivity (Wildman–Crippen MR) is 88.9 cm³/mol. The first-order valence-corrected chi connectivity index (χ1v) is 7.68. The van der Waals surface area contributed by atoms with Gasteiger partial charge in [0.05, 0.1) is 12.8 Å². The van der Waals surface area contributed by atoms with Crippen molar-refractivity contribution in [2.24, 2.45) is 0 Å². The molecule has 3 rings (SSSR count). The van der Waals surface area contributed by atoms with E-state index in [9.17, 15) is 0 Å². The zero-order chi connectivity index (χ0) is 16.1. The molecule has 5 heteroatoms. The van der Waals surface area contributed by atoms with Gasteiger partial charge in [0.25, 0.3) is 0 Å². The Balaban J connectivity index is 1.61. The van der Waals surface area contributed by atoms with Crippen molar-refractivity contribution in [2.75, 3.05) is 6.61 Å². The third-order valence-electron chi connectivity index (χ3n) is 3.18. The molecular weight excluding hydrogens is 314 g/mol.